The van der Waals surface area contributed by atoms with Crippen molar-refractivity contribution >= 4 is 29.5 Å². The molecule has 1 aromatic carbocycles. The van der Waals surface area contributed by atoms with Gasteiger partial charge in [0.25, 0.3) is 5.56 Å². The van der Waals surface area contributed by atoms with Crippen LogP contribution in [0.5, 0.6) is 0 Å². The van der Waals surface area contributed by atoms with E-state index in [2.05, 4.69) is 15.2 Å². The molecule has 3 rings (SSSR count). The van der Waals surface area contributed by atoms with Crippen molar-refractivity contribution < 1.29 is 9.53 Å². The first-order valence-corrected chi connectivity index (χ1v) is 6.53. The molecule has 0 spiro atoms. The van der Waals surface area contributed by atoms with Crippen LogP contribution in [-0.2, 0) is 4.74 Å². The molecule has 0 saturated carbocycles. The normalized spacial score (nSPS) is 14.4. The standard InChI is InChI=1S/C15H13N3O3/c1-2-21-15(20)13-11(14(19)18-17-13)7-9-8-16-12-6-4-3-5-10(9)12/h3-8H,2H2,1H3,(H2,17,18,19)/b9-7-. The summed E-state index contributed by atoms with van der Waals surface area (Å²) in [4.78, 5) is 28.0. The molecule has 0 unspecified atom stereocenters. The average molecular weight is 283 g/mol. The van der Waals surface area contributed by atoms with Gasteiger partial charge in [0, 0.05) is 17.4 Å². The number of benzene rings is 1. The van der Waals surface area contributed by atoms with Crippen LogP contribution in [0, 0.1) is 0 Å². The number of aliphatic imine (C=N–C) groups is 1. The summed E-state index contributed by atoms with van der Waals surface area (Å²) in [6, 6.07) is 7.60. The zero-order valence-corrected chi connectivity index (χ0v) is 11.3. The summed E-state index contributed by atoms with van der Waals surface area (Å²) in [5, 5.41) is 4.96. The van der Waals surface area contributed by atoms with E-state index in [1.165, 1.54) is 0 Å². The molecule has 0 radical (unpaired) electrons. The topological polar surface area (TPSA) is 87.3 Å². The first kappa shape index (κ1) is 13.1. The number of esters is 1. The number of ether oxygens (including phenoxy) is 1. The van der Waals surface area contributed by atoms with E-state index in [0.29, 0.717) is 0 Å². The van der Waals surface area contributed by atoms with Crippen molar-refractivity contribution in [3.05, 3.63) is 51.4 Å². The molecule has 0 amide bonds. The summed E-state index contributed by atoms with van der Waals surface area (Å²) in [5.41, 5.74) is 2.53. The molecule has 0 aliphatic carbocycles. The van der Waals surface area contributed by atoms with Crippen LogP contribution in [0.1, 0.15) is 28.5 Å². The zero-order valence-electron chi connectivity index (χ0n) is 11.3. The second kappa shape index (κ2) is 5.24. The molecule has 6 nitrogen and oxygen atoms in total. The quantitative estimate of drug-likeness (QED) is 0.846. The molecule has 1 aliphatic heterocycles. The number of nitrogens with zero attached hydrogens (tertiary/aromatic N) is 1. The molecule has 0 bridgehead atoms. The highest BCUT2D eigenvalue weighted by Crippen LogP contribution is 2.31. The Morgan fingerprint density at radius 1 is 1.33 bits per heavy atom. The van der Waals surface area contributed by atoms with E-state index >= 15 is 0 Å². The van der Waals surface area contributed by atoms with Gasteiger partial charge in [-0.05, 0) is 19.1 Å². The summed E-state index contributed by atoms with van der Waals surface area (Å²) in [6.07, 6.45) is 3.31. The summed E-state index contributed by atoms with van der Waals surface area (Å²) in [7, 11) is 0. The van der Waals surface area contributed by atoms with Crippen LogP contribution in [-0.4, -0.2) is 29.0 Å². The summed E-state index contributed by atoms with van der Waals surface area (Å²) >= 11 is 0. The Balaban J connectivity index is 2.06. The Kier molecular flexibility index (Phi) is 3.27. The monoisotopic (exact) mass is 283 g/mol. The number of allylic oxidation sites excluding steroid dienone is 1. The van der Waals surface area contributed by atoms with E-state index in [0.717, 1.165) is 16.8 Å². The number of aromatic nitrogens is 2. The van der Waals surface area contributed by atoms with Gasteiger partial charge in [0.2, 0.25) is 0 Å². The number of H-pyrrole nitrogens is 2. The first-order chi connectivity index (χ1) is 10.2. The van der Waals surface area contributed by atoms with E-state index in [1.807, 2.05) is 24.3 Å². The van der Waals surface area contributed by atoms with Crippen molar-refractivity contribution in [3.63, 3.8) is 0 Å². The van der Waals surface area contributed by atoms with Crippen LogP contribution in [0.25, 0.3) is 11.6 Å². The van der Waals surface area contributed by atoms with Crippen molar-refractivity contribution in [2.75, 3.05) is 6.61 Å². The van der Waals surface area contributed by atoms with Gasteiger partial charge >= 0.3 is 5.97 Å². The highest BCUT2D eigenvalue weighted by molar-refractivity contribution is 6.21. The van der Waals surface area contributed by atoms with Crippen molar-refractivity contribution in [2.45, 2.75) is 6.92 Å². The Morgan fingerprint density at radius 3 is 2.95 bits per heavy atom. The minimum Gasteiger partial charge on any atom is -0.461 e. The number of carbonyl (C=O) groups is 1. The Hall–Kier alpha value is -2.89. The fourth-order valence-electron chi connectivity index (χ4n) is 2.18. The fourth-order valence-corrected chi connectivity index (χ4v) is 2.18. The van der Waals surface area contributed by atoms with E-state index in [1.54, 1.807) is 19.2 Å². The molecule has 0 atom stereocenters. The lowest BCUT2D eigenvalue weighted by Crippen LogP contribution is -2.09. The molecule has 2 heterocycles. The number of nitrogens with one attached hydrogen (secondary N) is 2. The summed E-state index contributed by atoms with van der Waals surface area (Å²) in [5.74, 6) is -0.564. The Labute approximate surface area is 120 Å². The smallest absolute Gasteiger partial charge is 0.357 e. The van der Waals surface area contributed by atoms with E-state index in [4.69, 9.17) is 4.74 Å². The first-order valence-electron chi connectivity index (χ1n) is 6.53. The number of rotatable bonds is 3. The number of fused-ring (bicyclic) bond motifs is 1. The number of hydrogen-bond acceptors (Lipinski definition) is 4. The van der Waals surface area contributed by atoms with Crippen molar-refractivity contribution in [1.82, 2.24) is 10.2 Å². The second-order valence-corrected chi connectivity index (χ2v) is 4.46. The highest BCUT2D eigenvalue weighted by Gasteiger charge is 2.19. The minimum absolute atomic E-state index is 0.118. The van der Waals surface area contributed by atoms with Crippen molar-refractivity contribution in [1.29, 1.82) is 0 Å². The zero-order chi connectivity index (χ0) is 14.8. The maximum Gasteiger partial charge on any atom is 0.357 e. The van der Waals surface area contributed by atoms with Crippen LogP contribution < -0.4 is 5.56 Å². The van der Waals surface area contributed by atoms with Gasteiger partial charge in [-0.2, -0.15) is 0 Å². The lowest BCUT2D eigenvalue weighted by Gasteiger charge is -2.01. The molecule has 1 aliphatic rings. The molecule has 2 aromatic rings. The third kappa shape index (κ3) is 2.31. The van der Waals surface area contributed by atoms with Gasteiger partial charge in [-0.3, -0.25) is 20.0 Å². The van der Waals surface area contributed by atoms with Crippen molar-refractivity contribution in [2.24, 2.45) is 4.99 Å². The molecular formula is C15H13N3O3. The molecule has 2 N–H and O–H groups in total. The predicted molar refractivity (Wildman–Crippen MR) is 79.8 cm³/mol. The van der Waals surface area contributed by atoms with Crippen LogP contribution in [0.15, 0.2) is 34.1 Å². The largest absolute Gasteiger partial charge is 0.461 e. The Morgan fingerprint density at radius 2 is 2.14 bits per heavy atom. The van der Waals surface area contributed by atoms with Gasteiger partial charge in [-0.1, -0.05) is 18.2 Å². The minimum atomic E-state index is -0.564. The number of hydrogen-bond donors (Lipinski definition) is 2. The molecule has 21 heavy (non-hydrogen) atoms. The molecule has 106 valence electrons. The maximum atomic E-state index is 11.9. The number of carbonyl (C=O) groups excluding carboxylic acids is 1. The van der Waals surface area contributed by atoms with Gasteiger partial charge in [0.15, 0.2) is 5.69 Å². The van der Waals surface area contributed by atoms with Gasteiger partial charge < -0.3 is 4.74 Å². The lowest BCUT2D eigenvalue weighted by atomic mass is 10.0. The van der Waals surface area contributed by atoms with E-state index in [9.17, 15) is 9.59 Å². The average Bonchev–Trinajstić information content (AvgIpc) is 3.05. The van der Waals surface area contributed by atoms with Crippen LogP contribution in [0.4, 0.5) is 5.69 Å². The van der Waals surface area contributed by atoms with Gasteiger partial charge in [0.05, 0.1) is 17.9 Å². The van der Waals surface area contributed by atoms with Crippen molar-refractivity contribution in [3.8, 4) is 0 Å². The number of aromatic amines is 2. The van der Waals surface area contributed by atoms with E-state index < -0.39 is 5.97 Å². The summed E-state index contributed by atoms with van der Waals surface area (Å²) in [6.45, 7) is 1.95. The SMILES string of the molecule is CCOC(=O)c1[nH][nH]c(=O)c1/C=C1/C=Nc2ccccc21. The third-order valence-electron chi connectivity index (χ3n) is 3.15. The highest BCUT2D eigenvalue weighted by atomic mass is 16.5. The Bertz CT molecular complexity index is 812. The van der Waals surface area contributed by atoms with Gasteiger partial charge in [0.1, 0.15) is 0 Å². The molecular weight excluding hydrogens is 270 g/mol. The van der Waals surface area contributed by atoms with Crippen LogP contribution in [0.2, 0.25) is 0 Å². The number of para-hydroxylation sites is 1. The van der Waals surface area contributed by atoms with Crippen LogP contribution in [0.3, 0.4) is 0 Å². The van der Waals surface area contributed by atoms with Gasteiger partial charge in [-0.25, -0.2) is 4.79 Å². The third-order valence-corrected chi connectivity index (χ3v) is 3.15. The van der Waals surface area contributed by atoms with E-state index in [-0.39, 0.29) is 23.4 Å². The van der Waals surface area contributed by atoms with Gasteiger partial charge in [-0.15, -0.1) is 0 Å². The summed E-state index contributed by atoms with van der Waals surface area (Å²) < 4.78 is 4.92. The van der Waals surface area contributed by atoms with Crippen LogP contribution >= 0.6 is 0 Å². The lowest BCUT2D eigenvalue weighted by molar-refractivity contribution is 0.0519. The fraction of sp³-hybridized carbons (Fsp3) is 0.133. The molecule has 0 fully saturated rings. The molecule has 1 aromatic heterocycles. The molecule has 6 heteroatoms. The molecule has 0 saturated heterocycles. The second-order valence-electron chi connectivity index (χ2n) is 4.46. The maximum absolute atomic E-state index is 11.9. The predicted octanol–water partition coefficient (Wildman–Crippen LogP) is 2.14.